The molecule has 0 aliphatic carbocycles. The Morgan fingerprint density at radius 1 is 0.967 bits per heavy atom. The quantitative estimate of drug-likeness (QED) is 0.578. The molecule has 2 aromatic carbocycles. The van der Waals surface area contributed by atoms with E-state index in [1.54, 1.807) is 21.3 Å². The molecule has 0 bridgehead atoms. The predicted molar refractivity (Wildman–Crippen MR) is 120 cm³/mol. The first-order chi connectivity index (χ1) is 14.5. The number of aliphatic hydroxyl groups excluding tert-OH is 1. The van der Waals surface area contributed by atoms with Crippen LogP contribution in [-0.4, -0.2) is 51.0 Å². The highest BCUT2D eigenvalue weighted by Crippen LogP contribution is 2.41. The van der Waals surface area contributed by atoms with Gasteiger partial charge in [-0.05, 0) is 54.2 Å². The minimum atomic E-state index is 0.206. The lowest BCUT2D eigenvalue weighted by Crippen LogP contribution is -2.20. The second-order valence-corrected chi connectivity index (χ2v) is 8.45. The molecule has 30 heavy (non-hydrogen) atoms. The third-order valence-corrected chi connectivity index (χ3v) is 6.49. The van der Waals surface area contributed by atoms with Crippen LogP contribution in [0.4, 0.5) is 0 Å². The van der Waals surface area contributed by atoms with Crippen LogP contribution in [-0.2, 0) is 6.54 Å². The summed E-state index contributed by atoms with van der Waals surface area (Å²) in [6, 6.07) is 9.90. The molecule has 164 valence electrons. The van der Waals surface area contributed by atoms with Gasteiger partial charge in [-0.2, -0.15) is 0 Å². The lowest BCUT2D eigenvalue weighted by Gasteiger charge is -2.19. The smallest absolute Gasteiger partial charge is 0.203 e. The molecule has 2 atom stereocenters. The first-order valence-electron chi connectivity index (χ1n) is 10.1. The summed E-state index contributed by atoms with van der Waals surface area (Å²) in [5, 5.41) is 10.5. The van der Waals surface area contributed by atoms with E-state index in [2.05, 4.69) is 11.0 Å². The van der Waals surface area contributed by atoms with Gasteiger partial charge >= 0.3 is 0 Å². The molecule has 2 unspecified atom stereocenters. The Bertz CT molecular complexity index is 836. The Morgan fingerprint density at radius 2 is 1.67 bits per heavy atom. The van der Waals surface area contributed by atoms with Gasteiger partial charge in [-0.15, -0.1) is 0 Å². The number of rotatable bonds is 9. The Kier molecular flexibility index (Phi) is 8.12. The zero-order chi connectivity index (χ0) is 21.7. The number of hydrogen-bond acceptors (Lipinski definition) is 5. The van der Waals surface area contributed by atoms with Gasteiger partial charge in [-0.25, -0.2) is 0 Å². The van der Waals surface area contributed by atoms with Gasteiger partial charge in [0.05, 0.1) is 31.4 Å². The van der Waals surface area contributed by atoms with E-state index < -0.39 is 0 Å². The fraction of sp³-hybridized carbons (Fsp3) is 0.478. The molecule has 1 N–H and O–H groups in total. The van der Waals surface area contributed by atoms with Gasteiger partial charge in [-0.3, -0.25) is 4.90 Å². The second kappa shape index (κ2) is 10.6. The van der Waals surface area contributed by atoms with Crippen molar-refractivity contribution in [2.45, 2.75) is 25.3 Å². The van der Waals surface area contributed by atoms with E-state index in [0.717, 1.165) is 38.0 Å². The van der Waals surface area contributed by atoms with Crippen molar-refractivity contribution in [2.24, 2.45) is 5.92 Å². The molecule has 1 heterocycles. The highest BCUT2D eigenvalue weighted by atomic mass is 35.5. The molecule has 0 spiro atoms. The normalized spacial score (nSPS) is 19.1. The Balaban J connectivity index is 1.82. The van der Waals surface area contributed by atoms with Crippen molar-refractivity contribution >= 4 is 23.2 Å². The Labute approximate surface area is 188 Å². The van der Waals surface area contributed by atoms with E-state index in [-0.39, 0.29) is 6.61 Å². The maximum atomic E-state index is 9.34. The van der Waals surface area contributed by atoms with Crippen LogP contribution in [0.3, 0.4) is 0 Å². The number of nitrogens with zero attached hydrogens (tertiary/aromatic N) is 1. The summed E-state index contributed by atoms with van der Waals surface area (Å²) in [6.07, 6.45) is 1.76. The molecule has 0 aromatic heterocycles. The highest BCUT2D eigenvalue weighted by Gasteiger charge is 2.33. The van der Waals surface area contributed by atoms with Crippen LogP contribution >= 0.6 is 23.2 Å². The summed E-state index contributed by atoms with van der Waals surface area (Å²) in [4.78, 5) is 2.43. The van der Waals surface area contributed by atoms with Crippen molar-refractivity contribution in [3.8, 4) is 17.2 Å². The van der Waals surface area contributed by atoms with Crippen molar-refractivity contribution in [2.75, 3.05) is 41.0 Å². The summed E-state index contributed by atoms with van der Waals surface area (Å²) in [5.41, 5.74) is 2.29. The van der Waals surface area contributed by atoms with E-state index in [4.69, 9.17) is 37.4 Å². The van der Waals surface area contributed by atoms with Gasteiger partial charge in [0.2, 0.25) is 5.75 Å². The van der Waals surface area contributed by atoms with Gasteiger partial charge in [0.1, 0.15) is 0 Å². The van der Waals surface area contributed by atoms with E-state index >= 15 is 0 Å². The Hall–Kier alpha value is -1.66. The maximum Gasteiger partial charge on any atom is 0.203 e. The fourth-order valence-corrected chi connectivity index (χ4v) is 4.65. The van der Waals surface area contributed by atoms with Crippen LogP contribution in [0.5, 0.6) is 17.2 Å². The third kappa shape index (κ3) is 5.14. The van der Waals surface area contributed by atoms with Crippen LogP contribution < -0.4 is 14.2 Å². The topological polar surface area (TPSA) is 51.2 Å². The van der Waals surface area contributed by atoms with Crippen molar-refractivity contribution in [1.82, 2.24) is 4.90 Å². The zero-order valence-electron chi connectivity index (χ0n) is 17.7. The summed E-state index contributed by atoms with van der Waals surface area (Å²) >= 11 is 12.4. The van der Waals surface area contributed by atoms with Crippen LogP contribution in [0.1, 0.15) is 29.9 Å². The molecule has 1 fully saturated rings. The SMILES string of the molecule is COc1cc(CN2CC(CCCO)C(c3ccc(Cl)c(Cl)c3)C2)cc(OC)c1OC. The number of likely N-dealkylation sites (tertiary alicyclic amines) is 1. The van der Waals surface area contributed by atoms with Crippen LogP contribution in [0, 0.1) is 5.92 Å². The number of hydrogen-bond donors (Lipinski definition) is 1. The molecular formula is C23H29Cl2NO4. The van der Waals surface area contributed by atoms with Crippen molar-refractivity contribution < 1.29 is 19.3 Å². The number of ether oxygens (including phenoxy) is 3. The first-order valence-corrected chi connectivity index (χ1v) is 10.8. The standard InChI is InChI=1S/C23H29Cl2NO4/c1-28-21-9-15(10-22(29-2)23(21)30-3)12-26-13-17(5-4-8-27)18(14-26)16-6-7-19(24)20(25)11-16/h6-7,9-11,17-18,27H,4-5,8,12-14H2,1-3H3. The molecule has 2 aromatic rings. The second-order valence-electron chi connectivity index (χ2n) is 7.63. The predicted octanol–water partition coefficient (Wildman–Crippen LogP) is 5.01. The largest absolute Gasteiger partial charge is 0.493 e. The van der Waals surface area contributed by atoms with E-state index in [0.29, 0.717) is 39.1 Å². The average molecular weight is 454 g/mol. The molecule has 1 aliphatic heterocycles. The van der Waals surface area contributed by atoms with Gasteiger partial charge in [0.15, 0.2) is 11.5 Å². The molecular weight excluding hydrogens is 425 g/mol. The minimum absolute atomic E-state index is 0.206. The van der Waals surface area contributed by atoms with Gasteiger partial charge in [-0.1, -0.05) is 29.3 Å². The lowest BCUT2D eigenvalue weighted by atomic mass is 9.86. The van der Waals surface area contributed by atoms with Crippen molar-refractivity contribution in [3.05, 3.63) is 51.5 Å². The number of benzene rings is 2. The number of methoxy groups -OCH3 is 3. The molecule has 0 saturated carbocycles. The summed E-state index contributed by atoms with van der Waals surface area (Å²) < 4.78 is 16.4. The minimum Gasteiger partial charge on any atom is -0.493 e. The van der Waals surface area contributed by atoms with Crippen LogP contribution in [0.15, 0.2) is 30.3 Å². The van der Waals surface area contributed by atoms with Crippen molar-refractivity contribution in [3.63, 3.8) is 0 Å². The van der Waals surface area contributed by atoms with Gasteiger partial charge in [0, 0.05) is 32.2 Å². The maximum absolute atomic E-state index is 9.34. The van der Waals surface area contributed by atoms with E-state index in [1.165, 1.54) is 5.56 Å². The van der Waals surface area contributed by atoms with Gasteiger partial charge in [0.25, 0.3) is 0 Å². The lowest BCUT2D eigenvalue weighted by molar-refractivity contribution is 0.263. The molecule has 5 nitrogen and oxygen atoms in total. The molecule has 1 aliphatic rings. The van der Waals surface area contributed by atoms with Gasteiger partial charge < -0.3 is 19.3 Å². The highest BCUT2D eigenvalue weighted by molar-refractivity contribution is 6.42. The molecule has 3 rings (SSSR count). The Morgan fingerprint density at radius 3 is 2.23 bits per heavy atom. The summed E-state index contributed by atoms with van der Waals surface area (Å²) in [7, 11) is 4.86. The number of aliphatic hydroxyl groups is 1. The van der Waals surface area contributed by atoms with Crippen molar-refractivity contribution in [1.29, 1.82) is 0 Å². The third-order valence-electron chi connectivity index (χ3n) is 5.75. The summed E-state index contributed by atoms with van der Waals surface area (Å²) in [5.74, 6) is 2.69. The molecule has 0 radical (unpaired) electrons. The van der Waals surface area contributed by atoms with E-state index in [1.807, 2.05) is 24.3 Å². The van der Waals surface area contributed by atoms with Crippen LogP contribution in [0.25, 0.3) is 0 Å². The van der Waals surface area contributed by atoms with Crippen LogP contribution in [0.2, 0.25) is 10.0 Å². The average Bonchev–Trinajstić information content (AvgIpc) is 3.15. The number of halogens is 2. The fourth-order valence-electron chi connectivity index (χ4n) is 4.34. The molecule has 0 amide bonds. The first kappa shape index (κ1) is 23.0. The molecule has 7 heteroatoms. The molecule has 1 saturated heterocycles. The van der Waals surface area contributed by atoms with E-state index in [9.17, 15) is 5.11 Å². The zero-order valence-corrected chi connectivity index (χ0v) is 19.2. The monoisotopic (exact) mass is 453 g/mol. The summed E-state index contributed by atoms with van der Waals surface area (Å²) in [6.45, 7) is 2.83.